The normalized spacial score (nSPS) is 37.9. The van der Waals surface area contributed by atoms with Crippen LogP contribution in [0.15, 0.2) is 36.4 Å². The van der Waals surface area contributed by atoms with Crippen LogP contribution in [0.4, 0.5) is 0 Å². The molecule has 2 aliphatic heterocycles. The van der Waals surface area contributed by atoms with Crippen molar-refractivity contribution in [3.05, 3.63) is 47.6 Å². The molecule has 0 aromatic heterocycles. The molecule has 212 valence electrons. The molecule has 5 fully saturated rings. The van der Waals surface area contributed by atoms with Crippen LogP contribution in [0.3, 0.4) is 0 Å². The summed E-state index contributed by atoms with van der Waals surface area (Å²) < 4.78 is 13.2. The van der Waals surface area contributed by atoms with Crippen LogP contribution >= 0.6 is 0 Å². The fourth-order valence-electron chi connectivity index (χ4n) is 9.48. The number of allylic oxidation sites excluding steroid dienone is 3. The number of phenols is 1. The van der Waals surface area contributed by atoms with E-state index in [1.54, 1.807) is 12.2 Å². The monoisotopic (exact) mass is 537 g/mol. The van der Waals surface area contributed by atoms with Gasteiger partial charge in [-0.05, 0) is 89.8 Å². The first-order valence-corrected chi connectivity index (χ1v) is 14.6. The maximum Gasteiger partial charge on any atom is 0.328 e. The molecule has 4 saturated carbocycles. The average molecular weight is 538 g/mol. The second-order valence-corrected chi connectivity index (χ2v) is 13.3. The molecule has 0 unspecified atom stereocenters. The van der Waals surface area contributed by atoms with Crippen LogP contribution in [0.2, 0.25) is 0 Å². The highest BCUT2D eigenvalue weighted by molar-refractivity contribution is 5.80. The van der Waals surface area contributed by atoms with E-state index in [9.17, 15) is 15.0 Å². The molecule has 7 nitrogen and oxygen atoms in total. The van der Waals surface area contributed by atoms with Crippen LogP contribution in [-0.4, -0.2) is 69.7 Å². The number of aliphatic carboxylic acids is 1. The van der Waals surface area contributed by atoms with E-state index in [2.05, 4.69) is 11.0 Å². The third-order valence-corrected chi connectivity index (χ3v) is 11.1. The number of fused-ring (bicyclic) bond motifs is 2. The number of likely N-dealkylation sites (tertiary alicyclic amines) is 1. The number of carboxylic acid groups (broad SMARTS) is 1. The number of ether oxygens (including phenoxy) is 2. The standard InChI is InChI=1S/C26H35NO4.C6H8O2/c1-23(2,29)18-13-24-8-9-26(18,30-3)22-25(24)10-11-27(14-15-4-5-15)19(24)12-16-6-7-17(28)21(31-22)20(16)25;1-2-3-4-5-6(7)8/h6-7,15,18-19,22,28-29H,4-5,8-14H2,1-3H3;2-5H,1H3,(H,7,8)/b;3-2+,5-4+/t18-,19-,22-,24-,25+,26-;/m1./s1. The van der Waals surface area contributed by atoms with E-state index in [1.165, 1.54) is 36.6 Å². The first-order chi connectivity index (χ1) is 18.5. The number of carbonyl (C=O) groups is 1. The Morgan fingerprint density at radius 2 is 2.00 bits per heavy atom. The minimum Gasteiger partial charge on any atom is -0.504 e. The predicted molar refractivity (Wildman–Crippen MR) is 148 cm³/mol. The summed E-state index contributed by atoms with van der Waals surface area (Å²) in [5.74, 6) is 0.942. The number of aromatic hydroxyl groups is 1. The Balaban J connectivity index is 0.000000305. The molecule has 2 spiro atoms. The second kappa shape index (κ2) is 9.08. The fraction of sp³-hybridized carbons (Fsp3) is 0.656. The van der Waals surface area contributed by atoms with Gasteiger partial charge in [0, 0.05) is 48.1 Å². The van der Waals surface area contributed by atoms with Crippen LogP contribution < -0.4 is 4.74 Å². The van der Waals surface area contributed by atoms with Crippen molar-refractivity contribution in [2.24, 2.45) is 17.3 Å². The third kappa shape index (κ3) is 3.69. The lowest BCUT2D eigenvalue weighted by molar-refractivity contribution is -0.300. The van der Waals surface area contributed by atoms with Crippen LogP contribution in [0.1, 0.15) is 70.4 Å². The number of phenolic OH excluding ortho intramolecular Hbond substituents is 1. The third-order valence-electron chi connectivity index (χ3n) is 11.1. The molecule has 1 saturated heterocycles. The van der Waals surface area contributed by atoms with Crippen molar-refractivity contribution in [1.29, 1.82) is 0 Å². The van der Waals surface area contributed by atoms with E-state index < -0.39 is 17.2 Å². The number of hydrogen-bond acceptors (Lipinski definition) is 6. The molecule has 4 bridgehead atoms. The first kappa shape index (κ1) is 26.9. The predicted octanol–water partition coefficient (Wildman–Crippen LogP) is 4.59. The Bertz CT molecular complexity index is 1210. The molecule has 1 aromatic rings. The van der Waals surface area contributed by atoms with Gasteiger partial charge in [0.15, 0.2) is 11.5 Å². The van der Waals surface area contributed by atoms with Gasteiger partial charge in [-0.3, -0.25) is 4.90 Å². The van der Waals surface area contributed by atoms with Crippen LogP contribution in [0.5, 0.6) is 11.5 Å². The number of rotatable bonds is 6. The van der Waals surface area contributed by atoms with Crippen molar-refractivity contribution >= 4 is 5.97 Å². The highest BCUT2D eigenvalue weighted by atomic mass is 16.6. The first-order valence-electron chi connectivity index (χ1n) is 14.6. The number of methoxy groups -OCH3 is 1. The summed E-state index contributed by atoms with van der Waals surface area (Å²) in [7, 11) is 1.81. The molecular formula is C32H43NO6. The molecule has 5 aliphatic carbocycles. The smallest absolute Gasteiger partial charge is 0.328 e. The van der Waals surface area contributed by atoms with Crippen LogP contribution in [-0.2, 0) is 21.4 Å². The second-order valence-electron chi connectivity index (χ2n) is 13.3. The van der Waals surface area contributed by atoms with Gasteiger partial charge in [0.25, 0.3) is 0 Å². The maximum absolute atomic E-state index is 11.4. The largest absolute Gasteiger partial charge is 0.504 e. The van der Waals surface area contributed by atoms with Gasteiger partial charge < -0.3 is 24.8 Å². The highest BCUT2D eigenvalue weighted by Crippen LogP contribution is 2.77. The SMILES string of the molecule is C/C=C/C=C/C(=O)O.CO[C@]12CC[C@@]3(C[C@@H]1C(C)(C)O)[C@H]1Cc4ccc(O)c5c4[C@@]3(CCN1CC1CC1)[C@H]2O5. The van der Waals surface area contributed by atoms with Crippen molar-refractivity contribution in [1.82, 2.24) is 4.90 Å². The number of benzene rings is 1. The van der Waals surface area contributed by atoms with E-state index in [-0.39, 0.29) is 28.6 Å². The highest BCUT2D eigenvalue weighted by Gasteiger charge is 2.81. The Kier molecular flexibility index (Phi) is 6.25. The Morgan fingerprint density at radius 1 is 1.23 bits per heavy atom. The van der Waals surface area contributed by atoms with Crippen molar-refractivity contribution in [3.63, 3.8) is 0 Å². The van der Waals surface area contributed by atoms with Gasteiger partial charge in [-0.1, -0.05) is 24.3 Å². The molecule has 8 rings (SSSR count). The van der Waals surface area contributed by atoms with E-state index in [4.69, 9.17) is 14.6 Å². The van der Waals surface area contributed by atoms with Gasteiger partial charge >= 0.3 is 5.97 Å². The van der Waals surface area contributed by atoms with Crippen LogP contribution in [0, 0.1) is 17.3 Å². The van der Waals surface area contributed by atoms with Gasteiger partial charge in [-0.2, -0.15) is 0 Å². The fourth-order valence-corrected chi connectivity index (χ4v) is 9.48. The van der Waals surface area contributed by atoms with Crippen molar-refractivity contribution in [2.75, 3.05) is 20.2 Å². The molecule has 7 heteroatoms. The molecule has 1 aromatic carbocycles. The minimum absolute atomic E-state index is 0.0123. The number of carboxylic acids is 1. The summed E-state index contributed by atoms with van der Waals surface area (Å²) in [5, 5.41) is 30.2. The average Bonchev–Trinajstić information content (AvgIpc) is 3.63. The van der Waals surface area contributed by atoms with Gasteiger partial charge in [0.05, 0.1) is 5.60 Å². The molecule has 39 heavy (non-hydrogen) atoms. The van der Waals surface area contributed by atoms with Gasteiger partial charge in [-0.15, -0.1) is 0 Å². The number of piperidine rings is 1. The van der Waals surface area contributed by atoms with E-state index in [0.29, 0.717) is 11.8 Å². The van der Waals surface area contributed by atoms with E-state index in [0.717, 1.165) is 50.6 Å². The molecule has 3 N–H and O–H groups in total. The molecule has 0 radical (unpaired) electrons. The maximum atomic E-state index is 11.4. The minimum atomic E-state index is -0.914. The summed E-state index contributed by atoms with van der Waals surface area (Å²) in [6.45, 7) is 8.05. The molecular weight excluding hydrogens is 494 g/mol. The summed E-state index contributed by atoms with van der Waals surface area (Å²) in [6, 6.07) is 4.46. The zero-order chi connectivity index (χ0) is 27.8. The molecule has 7 aliphatic rings. The lowest BCUT2D eigenvalue weighted by atomic mass is 9.34. The molecule has 0 amide bonds. The summed E-state index contributed by atoms with van der Waals surface area (Å²) in [6.07, 6.45) is 13.7. The van der Waals surface area contributed by atoms with Crippen molar-refractivity contribution in [2.45, 2.75) is 94.5 Å². The van der Waals surface area contributed by atoms with Gasteiger partial charge in [0.2, 0.25) is 0 Å². The lowest BCUT2D eigenvalue weighted by Crippen LogP contribution is -2.82. The Morgan fingerprint density at radius 3 is 2.64 bits per heavy atom. The Labute approximate surface area is 231 Å². The number of nitrogens with zero attached hydrogens (tertiary/aromatic N) is 1. The van der Waals surface area contributed by atoms with Crippen molar-refractivity contribution < 1.29 is 29.6 Å². The number of aliphatic hydroxyl groups is 1. The number of hydrogen-bond donors (Lipinski definition) is 3. The zero-order valence-electron chi connectivity index (χ0n) is 23.7. The zero-order valence-corrected chi connectivity index (χ0v) is 23.7. The van der Waals surface area contributed by atoms with E-state index in [1.807, 2.05) is 33.9 Å². The van der Waals surface area contributed by atoms with E-state index >= 15 is 0 Å². The topological polar surface area (TPSA) is 99.5 Å². The summed E-state index contributed by atoms with van der Waals surface area (Å²) in [5.41, 5.74) is 1.24. The van der Waals surface area contributed by atoms with Crippen LogP contribution in [0.25, 0.3) is 0 Å². The molecule has 2 heterocycles. The Hall–Kier alpha value is -2.35. The lowest BCUT2D eigenvalue weighted by Gasteiger charge is -2.75. The summed E-state index contributed by atoms with van der Waals surface area (Å²) in [4.78, 5) is 12.6. The van der Waals surface area contributed by atoms with Gasteiger partial charge in [-0.25, -0.2) is 4.79 Å². The summed E-state index contributed by atoms with van der Waals surface area (Å²) >= 11 is 0. The quantitative estimate of drug-likeness (QED) is 0.361. The van der Waals surface area contributed by atoms with Crippen molar-refractivity contribution in [3.8, 4) is 11.5 Å². The molecule has 6 atom stereocenters. The van der Waals surface area contributed by atoms with Gasteiger partial charge in [0.1, 0.15) is 11.7 Å².